The molecule has 0 radical (unpaired) electrons. The minimum absolute atomic E-state index is 0.101. The number of ether oxygens (including phenoxy) is 1. The standard InChI is InChI=1S/C28H48N2O3/c1-27-9-8-21-20(22(27)17-23(26(27)32)29-10-4-3-5-11-29)7-6-19-16-25(31)24(18-28(19,21)2)30-12-14-33-15-13-30/h19-26,31-32H,3-18H2,1-2H3/t19?,20-,21-,22+,23?,24?,25?,26?,27+,28+/m1/s1. The maximum atomic E-state index is 11.6. The van der Waals surface area contributed by atoms with Crippen molar-refractivity contribution < 1.29 is 14.9 Å². The summed E-state index contributed by atoms with van der Waals surface area (Å²) in [6, 6.07) is 0.691. The van der Waals surface area contributed by atoms with Gasteiger partial charge in [0.2, 0.25) is 0 Å². The average Bonchev–Trinajstić information content (AvgIpc) is 3.11. The number of morpholine rings is 1. The van der Waals surface area contributed by atoms with Gasteiger partial charge in [-0.05, 0) is 105 Å². The molecule has 4 saturated carbocycles. The van der Waals surface area contributed by atoms with E-state index in [2.05, 4.69) is 23.6 Å². The molecule has 6 rings (SSSR count). The van der Waals surface area contributed by atoms with E-state index in [9.17, 15) is 10.2 Å². The first-order valence-corrected chi connectivity index (χ1v) is 14.3. The molecular weight excluding hydrogens is 412 g/mol. The molecule has 6 fully saturated rings. The Morgan fingerprint density at radius 1 is 0.758 bits per heavy atom. The number of aliphatic hydroxyl groups excluding tert-OH is 2. The fourth-order valence-electron chi connectivity index (χ4n) is 10.1. The molecule has 10 atom stereocenters. The number of likely N-dealkylation sites (tertiary alicyclic amines) is 1. The van der Waals surface area contributed by atoms with Gasteiger partial charge in [-0.15, -0.1) is 0 Å². The monoisotopic (exact) mass is 460 g/mol. The van der Waals surface area contributed by atoms with E-state index in [1.807, 2.05) is 0 Å². The third-order valence-electron chi connectivity index (χ3n) is 12.0. The topological polar surface area (TPSA) is 56.2 Å². The number of fused-ring (bicyclic) bond motifs is 5. The van der Waals surface area contributed by atoms with E-state index in [-0.39, 0.29) is 17.6 Å². The van der Waals surface area contributed by atoms with Crippen molar-refractivity contribution in [2.24, 2.45) is 34.5 Å². The van der Waals surface area contributed by atoms with Gasteiger partial charge in [-0.25, -0.2) is 0 Å². The number of aliphatic hydroxyl groups is 2. The fraction of sp³-hybridized carbons (Fsp3) is 1.00. The van der Waals surface area contributed by atoms with Crippen molar-refractivity contribution in [3.05, 3.63) is 0 Å². The van der Waals surface area contributed by atoms with Crippen LogP contribution in [0.2, 0.25) is 0 Å². The highest BCUT2D eigenvalue weighted by atomic mass is 16.5. The Morgan fingerprint density at radius 2 is 1.48 bits per heavy atom. The maximum absolute atomic E-state index is 11.6. The van der Waals surface area contributed by atoms with Crippen molar-refractivity contribution in [2.45, 2.75) is 102 Å². The van der Waals surface area contributed by atoms with Crippen LogP contribution in [0.25, 0.3) is 0 Å². The Kier molecular flexibility index (Phi) is 6.14. The van der Waals surface area contributed by atoms with Crippen molar-refractivity contribution in [3.63, 3.8) is 0 Å². The predicted molar refractivity (Wildman–Crippen MR) is 130 cm³/mol. The van der Waals surface area contributed by atoms with Gasteiger partial charge in [0.25, 0.3) is 0 Å². The van der Waals surface area contributed by atoms with Gasteiger partial charge in [-0.1, -0.05) is 20.3 Å². The van der Waals surface area contributed by atoms with Crippen LogP contribution in [0, 0.1) is 34.5 Å². The molecule has 5 heteroatoms. The Hall–Kier alpha value is -0.200. The molecule has 2 saturated heterocycles. The van der Waals surface area contributed by atoms with E-state index in [4.69, 9.17) is 4.74 Å². The first-order chi connectivity index (χ1) is 15.9. The van der Waals surface area contributed by atoms with E-state index in [1.165, 1.54) is 64.5 Å². The largest absolute Gasteiger partial charge is 0.391 e. The lowest BCUT2D eigenvalue weighted by Gasteiger charge is -2.62. The van der Waals surface area contributed by atoms with E-state index >= 15 is 0 Å². The Balaban J connectivity index is 1.24. The molecule has 2 N–H and O–H groups in total. The molecule has 5 unspecified atom stereocenters. The summed E-state index contributed by atoms with van der Waals surface area (Å²) in [5, 5.41) is 22.8. The zero-order valence-electron chi connectivity index (χ0n) is 21.1. The summed E-state index contributed by atoms with van der Waals surface area (Å²) in [5.41, 5.74) is 0.435. The molecule has 5 nitrogen and oxygen atoms in total. The molecular formula is C28H48N2O3. The summed E-state index contributed by atoms with van der Waals surface area (Å²) >= 11 is 0. The quantitative estimate of drug-likeness (QED) is 0.660. The Morgan fingerprint density at radius 3 is 2.24 bits per heavy atom. The molecule has 0 spiro atoms. The van der Waals surface area contributed by atoms with Crippen LogP contribution >= 0.6 is 0 Å². The summed E-state index contributed by atoms with van der Waals surface area (Å²) in [5.74, 6) is 2.86. The Bertz CT molecular complexity index is 707. The molecule has 0 bridgehead atoms. The summed E-state index contributed by atoms with van der Waals surface area (Å²) in [6.07, 6.45) is 12.1. The van der Waals surface area contributed by atoms with Crippen molar-refractivity contribution in [1.29, 1.82) is 0 Å². The molecule has 33 heavy (non-hydrogen) atoms. The molecule has 188 valence electrons. The van der Waals surface area contributed by atoms with Crippen molar-refractivity contribution >= 4 is 0 Å². The number of nitrogens with zero attached hydrogens (tertiary/aromatic N) is 2. The Labute approximate surface area is 201 Å². The molecule has 2 heterocycles. The molecule has 0 amide bonds. The van der Waals surface area contributed by atoms with Gasteiger partial charge in [0.1, 0.15) is 0 Å². The van der Waals surface area contributed by atoms with Crippen LogP contribution in [0.3, 0.4) is 0 Å². The third kappa shape index (κ3) is 3.66. The minimum atomic E-state index is -0.177. The summed E-state index contributed by atoms with van der Waals surface area (Å²) in [6.45, 7) is 11.0. The van der Waals surface area contributed by atoms with Crippen LogP contribution in [-0.4, -0.2) is 83.7 Å². The predicted octanol–water partition coefficient (Wildman–Crippen LogP) is 3.53. The molecule has 0 aromatic heterocycles. The fourth-order valence-corrected chi connectivity index (χ4v) is 10.1. The lowest BCUT2D eigenvalue weighted by molar-refractivity contribution is -0.158. The second-order valence-corrected chi connectivity index (χ2v) is 13.3. The molecule has 2 aliphatic heterocycles. The van der Waals surface area contributed by atoms with Gasteiger partial charge >= 0.3 is 0 Å². The van der Waals surface area contributed by atoms with Crippen LogP contribution in [0.15, 0.2) is 0 Å². The highest BCUT2D eigenvalue weighted by Crippen LogP contribution is 2.66. The van der Waals surface area contributed by atoms with Crippen LogP contribution in [-0.2, 0) is 4.74 Å². The highest BCUT2D eigenvalue weighted by Gasteiger charge is 2.63. The van der Waals surface area contributed by atoms with Crippen molar-refractivity contribution in [1.82, 2.24) is 9.80 Å². The van der Waals surface area contributed by atoms with E-state index in [0.29, 0.717) is 29.3 Å². The zero-order chi connectivity index (χ0) is 22.8. The molecule has 6 aliphatic rings. The number of piperidine rings is 1. The van der Waals surface area contributed by atoms with Gasteiger partial charge in [0, 0.05) is 25.2 Å². The number of hydrogen-bond donors (Lipinski definition) is 2. The minimum Gasteiger partial charge on any atom is -0.391 e. The molecule has 0 aromatic rings. The van der Waals surface area contributed by atoms with Crippen LogP contribution < -0.4 is 0 Å². The first-order valence-electron chi connectivity index (χ1n) is 14.3. The third-order valence-corrected chi connectivity index (χ3v) is 12.0. The second-order valence-electron chi connectivity index (χ2n) is 13.3. The summed E-state index contributed by atoms with van der Waals surface area (Å²) in [7, 11) is 0. The van der Waals surface area contributed by atoms with E-state index in [0.717, 1.165) is 51.0 Å². The van der Waals surface area contributed by atoms with Crippen molar-refractivity contribution in [2.75, 3.05) is 39.4 Å². The van der Waals surface area contributed by atoms with Gasteiger partial charge < -0.3 is 14.9 Å². The highest BCUT2D eigenvalue weighted by molar-refractivity contribution is 5.14. The summed E-state index contributed by atoms with van der Waals surface area (Å²) < 4.78 is 5.62. The van der Waals surface area contributed by atoms with Crippen LogP contribution in [0.5, 0.6) is 0 Å². The van der Waals surface area contributed by atoms with E-state index < -0.39 is 0 Å². The maximum Gasteiger partial charge on any atom is 0.0751 e. The number of hydrogen-bond acceptors (Lipinski definition) is 5. The zero-order valence-corrected chi connectivity index (χ0v) is 21.1. The van der Waals surface area contributed by atoms with Crippen LogP contribution in [0.4, 0.5) is 0 Å². The van der Waals surface area contributed by atoms with Gasteiger partial charge in [0.15, 0.2) is 0 Å². The van der Waals surface area contributed by atoms with Gasteiger partial charge in [-0.3, -0.25) is 9.80 Å². The SMILES string of the molecule is C[C@]12CC(N3CCOCC3)C(O)CC1CC[C@@H]1[C@H]2CC[C@]2(C)C(O)C(N3CCCCC3)C[C@@H]12. The van der Waals surface area contributed by atoms with E-state index in [1.54, 1.807) is 0 Å². The molecule has 4 aliphatic carbocycles. The number of rotatable bonds is 2. The van der Waals surface area contributed by atoms with Crippen molar-refractivity contribution in [3.8, 4) is 0 Å². The lowest BCUT2D eigenvalue weighted by atomic mass is 9.44. The second kappa shape index (κ2) is 8.73. The normalized spacial score (nSPS) is 53.8. The van der Waals surface area contributed by atoms with Gasteiger partial charge in [0.05, 0.1) is 25.4 Å². The smallest absolute Gasteiger partial charge is 0.0751 e. The van der Waals surface area contributed by atoms with Gasteiger partial charge in [-0.2, -0.15) is 0 Å². The first kappa shape index (κ1) is 23.2. The lowest BCUT2D eigenvalue weighted by Crippen LogP contribution is -2.61. The summed E-state index contributed by atoms with van der Waals surface area (Å²) in [4.78, 5) is 5.20. The molecule has 0 aromatic carbocycles. The average molecular weight is 461 g/mol. The van der Waals surface area contributed by atoms with Crippen LogP contribution in [0.1, 0.15) is 78.1 Å².